The Morgan fingerprint density at radius 1 is 1.19 bits per heavy atom. The predicted molar refractivity (Wildman–Crippen MR) is 104 cm³/mol. The Morgan fingerprint density at radius 3 is 2.81 bits per heavy atom. The quantitative estimate of drug-likeness (QED) is 0.750. The number of H-pyrrole nitrogens is 1. The number of imidazole rings is 1. The molecule has 5 rings (SSSR count). The minimum absolute atomic E-state index is 0.105. The minimum Gasteiger partial charge on any atom is -0.371 e. The Labute approximate surface area is 163 Å². The molecule has 2 aliphatic heterocycles. The smallest absolute Gasteiger partial charge is 0.160 e. The number of aryl methyl sites for hydroxylation is 1. The van der Waals surface area contributed by atoms with Gasteiger partial charge < -0.3 is 9.30 Å². The Balaban J connectivity index is 1.33. The maximum Gasteiger partial charge on any atom is 0.160 e. The molecule has 0 bridgehead atoms. The van der Waals surface area contributed by atoms with Crippen LogP contribution in [0, 0.1) is 6.92 Å². The average Bonchev–Trinajstić information content (AvgIpc) is 3.39. The van der Waals surface area contributed by atoms with E-state index in [0.717, 1.165) is 48.4 Å². The highest BCUT2D eigenvalue weighted by Gasteiger charge is 2.39. The van der Waals surface area contributed by atoms with Gasteiger partial charge in [-0.1, -0.05) is 23.7 Å². The SMILES string of the molecule is Cc1cc(-c2nccn2[C@@H]2C[C@H]3CO[C@@H](c4ccc(Cl)cc4)CN3C2)n[nH]1. The highest BCUT2D eigenvalue weighted by Crippen LogP contribution is 2.36. The van der Waals surface area contributed by atoms with Crippen molar-refractivity contribution >= 4 is 11.6 Å². The number of fused-ring (bicyclic) bond motifs is 1. The van der Waals surface area contributed by atoms with E-state index in [4.69, 9.17) is 16.3 Å². The molecule has 0 spiro atoms. The molecule has 1 aromatic carbocycles. The van der Waals surface area contributed by atoms with Crippen molar-refractivity contribution in [2.24, 2.45) is 0 Å². The lowest BCUT2D eigenvalue weighted by molar-refractivity contribution is -0.0502. The number of nitrogens with one attached hydrogen (secondary N) is 1. The average molecular weight is 384 g/mol. The topological polar surface area (TPSA) is 59.0 Å². The van der Waals surface area contributed by atoms with Crippen LogP contribution < -0.4 is 0 Å². The number of rotatable bonds is 3. The van der Waals surface area contributed by atoms with Gasteiger partial charge in [-0.3, -0.25) is 10.00 Å². The third-order valence-corrected chi connectivity index (χ3v) is 5.89. The van der Waals surface area contributed by atoms with E-state index in [0.29, 0.717) is 12.1 Å². The summed E-state index contributed by atoms with van der Waals surface area (Å²) in [6, 6.07) is 10.9. The number of aromatic amines is 1. The summed E-state index contributed by atoms with van der Waals surface area (Å²) >= 11 is 6.02. The summed E-state index contributed by atoms with van der Waals surface area (Å²) < 4.78 is 8.44. The van der Waals surface area contributed by atoms with Crippen LogP contribution in [-0.4, -0.2) is 50.4 Å². The third-order valence-electron chi connectivity index (χ3n) is 5.63. The van der Waals surface area contributed by atoms with Gasteiger partial charge in [-0.15, -0.1) is 0 Å². The van der Waals surface area contributed by atoms with Crippen LogP contribution in [0.25, 0.3) is 11.5 Å². The first-order valence-corrected chi connectivity index (χ1v) is 9.71. The Kier molecular flexibility index (Phi) is 4.27. The first-order chi connectivity index (χ1) is 13.2. The van der Waals surface area contributed by atoms with Crippen LogP contribution in [0.1, 0.15) is 29.8 Å². The first-order valence-electron chi connectivity index (χ1n) is 9.34. The molecular weight excluding hydrogens is 362 g/mol. The van der Waals surface area contributed by atoms with Gasteiger partial charge in [0.15, 0.2) is 5.82 Å². The van der Waals surface area contributed by atoms with Gasteiger partial charge in [-0.25, -0.2) is 4.98 Å². The number of benzene rings is 1. The Bertz CT molecular complexity index is 934. The summed E-state index contributed by atoms with van der Waals surface area (Å²) in [5.74, 6) is 0.930. The maximum absolute atomic E-state index is 6.17. The Morgan fingerprint density at radius 2 is 2.04 bits per heavy atom. The molecule has 2 saturated heterocycles. The zero-order valence-electron chi connectivity index (χ0n) is 15.2. The molecule has 0 amide bonds. The fourth-order valence-electron chi connectivity index (χ4n) is 4.27. The molecule has 0 unspecified atom stereocenters. The number of hydrogen-bond acceptors (Lipinski definition) is 4. The zero-order chi connectivity index (χ0) is 18.4. The summed E-state index contributed by atoms with van der Waals surface area (Å²) in [5.41, 5.74) is 3.14. The lowest BCUT2D eigenvalue weighted by atomic mass is 10.1. The fraction of sp³-hybridized carbons (Fsp3) is 0.400. The second-order valence-corrected chi connectivity index (χ2v) is 7.90. The highest BCUT2D eigenvalue weighted by molar-refractivity contribution is 6.30. The number of halogens is 1. The van der Waals surface area contributed by atoms with E-state index < -0.39 is 0 Å². The van der Waals surface area contributed by atoms with E-state index in [1.165, 1.54) is 5.56 Å². The monoisotopic (exact) mass is 383 g/mol. The van der Waals surface area contributed by atoms with Crippen molar-refractivity contribution < 1.29 is 4.74 Å². The standard InChI is InChI=1S/C20H22ClN5O/c1-13-8-18(24-23-13)20-22-6-7-26(20)16-9-17-12-27-19(11-25(17)10-16)14-2-4-15(21)5-3-14/h2-8,16-17,19H,9-12H2,1H3,(H,23,24)/t16-,17+,19-/m1/s1. The van der Waals surface area contributed by atoms with Gasteiger partial charge in [0.05, 0.1) is 12.7 Å². The molecular formula is C20H22ClN5O. The lowest BCUT2D eigenvalue weighted by Gasteiger charge is -2.35. The summed E-state index contributed by atoms with van der Waals surface area (Å²) in [7, 11) is 0. The van der Waals surface area contributed by atoms with Gasteiger partial charge in [-0.05, 0) is 37.1 Å². The number of hydrogen-bond donors (Lipinski definition) is 1. The highest BCUT2D eigenvalue weighted by atomic mass is 35.5. The minimum atomic E-state index is 0.105. The molecule has 27 heavy (non-hydrogen) atoms. The van der Waals surface area contributed by atoms with Crippen molar-refractivity contribution in [2.45, 2.75) is 31.5 Å². The van der Waals surface area contributed by atoms with Crippen molar-refractivity contribution in [3.63, 3.8) is 0 Å². The maximum atomic E-state index is 6.17. The lowest BCUT2D eigenvalue weighted by Crippen LogP contribution is -2.42. The fourth-order valence-corrected chi connectivity index (χ4v) is 4.39. The van der Waals surface area contributed by atoms with Crippen LogP contribution in [0.5, 0.6) is 0 Å². The molecule has 2 fully saturated rings. The van der Waals surface area contributed by atoms with Crippen molar-refractivity contribution in [3.05, 3.63) is 59.0 Å². The summed E-state index contributed by atoms with van der Waals surface area (Å²) in [6.07, 6.45) is 5.11. The summed E-state index contributed by atoms with van der Waals surface area (Å²) in [5, 5.41) is 8.15. The predicted octanol–water partition coefficient (Wildman–Crippen LogP) is 3.62. The van der Waals surface area contributed by atoms with Gasteiger partial charge in [0.2, 0.25) is 0 Å². The van der Waals surface area contributed by atoms with E-state index in [9.17, 15) is 0 Å². The number of nitrogens with zero attached hydrogens (tertiary/aromatic N) is 4. The molecule has 2 aliphatic rings. The van der Waals surface area contributed by atoms with Crippen molar-refractivity contribution in [2.75, 3.05) is 19.7 Å². The molecule has 3 aromatic rings. The molecule has 2 aromatic heterocycles. The zero-order valence-corrected chi connectivity index (χ0v) is 15.9. The molecule has 140 valence electrons. The third kappa shape index (κ3) is 3.18. The van der Waals surface area contributed by atoms with Crippen molar-refractivity contribution in [1.29, 1.82) is 0 Å². The largest absolute Gasteiger partial charge is 0.371 e. The number of morpholine rings is 1. The molecule has 3 atom stereocenters. The van der Waals surface area contributed by atoms with Gasteiger partial charge in [-0.2, -0.15) is 5.10 Å². The second-order valence-electron chi connectivity index (χ2n) is 7.47. The van der Waals surface area contributed by atoms with Crippen molar-refractivity contribution in [1.82, 2.24) is 24.6 Å². The van der Waals surface area contributed by atoms with E-state index >= 15 is 0 Å². The van der Waals surface area contributed by atoms with Gasteiger partial charge in [0.25, 0.3) is 0 Å². The van der Waals surface area contributed by atoms with Gasteiger partial charge in [0, 0.05) is 48.3 Å². The van der Waals surface area contributed by atoms with Gasteiger partial charge >= 0.3 is 0 Å². The molecule has 1 N–H and O–H groups in total. The molecule has 0 aliphatic carbocycles. The van der Waals surface area contributed by atoms with Crippen molar-refractivity contribution in [3.8, 4) is 11.5 Å². The molecule has 7 heteroatoms. The van der Waals surface area contributed by atoms with E-state index in [-0.39, 0.29) is 6.10 Å². The first kappa shape index (κ1) is 17.0. The summed E-state index contributed by atoms with van der Waals surface area (Å²) in [4.78, 5) is 7.10. The van der Waals surface area contributed by atoms with Gasteiger partial charge in [0.1, 0.15) is 5.69 Å². The summed E-state index contributed by atoms with van der Waals surface area (Å²) in [6.45, 7) is 4.68. The van der Waals surface area contributed by atoms with Crippen LogP contribution in [0.15, 0.2) is 42.7 Å². The molecule has 0 saturated carbocycles. The van der Waals surface area contributed by atoms with Crippen LogP contribution in [0.4, 0.5) is 0 Å². The van der Waals surface area contributed by atoms with E-state index in [1.807, 2.05) is 31.3 Å². The van der Waals surface area contributed by atoms with E-state index in [2.05, 4.69) is 43.0 Å². The normalized spacial score (nSPS) is 25.6. The number of aromatic nitrogens is 4. The van der Waals surface area contributed by atoms with Crippen LogP contribution in [0.2, 0.25) is 5.02 Å². The number of ether oxygens (including phenoxy) is 1. The second kappa shape index (κ2) is 6.78. The van der Waals surface area contributed by atoms with Crippen LogP contribution in [0.3, 0.4) is 0 Å². The molecule has 0 radical (unpaired) electrons. The van der Waals surface area contributed by atoms with Crippen LogP contribution in [-0.2, 0) is 4.74 Å². The molecule has 4 heterocycles. The molecule has 6 nitrogen and oxygen atoms in total. The van der Waals surface area contributed by atoms with E-state index in [1.54, 1.807) is 0 Å². The van der Waals surface area contributed by atoms with Crippen LogP contribution >= 0.6 is 11.6 Å². The Hall–Kier alpha value is -2.15.